The van der Waals surface area contributed by atoms with Crippen molar-refractivity contribution in [1.82, 2.24) is 10.2 Å². The number of nitrogens with one attached hydrogen (secondary N) is 1. The Kier molecular flexibility index (Phi) is 6.06. The van der Waals surface area contributed by atoms with Crippen molar-refractivity contribution in [3.05, 3.63) is 82.0 Å². The number of thiophene rings is 1. The van der Waals surface area contributed by atoms with Crippen LogP contribution in [-0.4, -0.2) is 46.7 Å². The summed E-state index contributed by atoms with van der Waals surface area (Å²) in [6.07, 6.45) is 0.252. The first-order valence-corrected chi connectivity index (χ1v) is 12.5. The monoisotopic (exact) mass is 490 g/mol. The van der Waals surface area contributed by atoms with Crippen molar-refractivity contribution in [2.45, 2.75) is 37.3 Å². The number of hydrogen-bond donors (Lipinski definition) is 2. The van der Waals surface area contributed by atoms with Crippen molar-refractivity contribution >= 4 is 29.3 Å². The summed E-state index contributed by atoms with van der Waals surface area (Å²) < 4.78 is 5.65. The van der Waals surface area contributed by atoms with E-state index in [1.54, 1.807) is 19.1 Å². The van der Waals surface area contributed by atoms with Crippen LogP contribution in [0.5, 0.6) is 0 Å². The van der Waals surface area contributed by atoms with Gasteiger partial charge >= 0.3 is 12.1 Å². The molecule has 1 aliphatic heterocycles. The third-order valence-electron chi connectivity index (χ3n) is 7.05. The molecule has 2 amide bonds. The Bertz CT molecular complexity index is 1230. The van der Waals surface area contributed by atoms with Crippen molar-refractivity contribution in [2.75, 3.05) is 13.2 Å². The lowest BCUT2D eigenvalue weighted by atomic mass is 9.98. The Morgan fingerprint density at radius 1 is 1.09 bits per heavy atom. The van der Waals surface area contributed by atoms with E-state index >= 15 is 0 Å². The van der Waals surface area contributed by atoms with Gasteiger partial charge in [0, 0.05) is 17.3 Å². The third kappa shape index (κ3) is 4.08. The van der Waals surface area contributed by atoms with Crippen LogP contribution < -0.4 is 5.32 Å². The zero-order chi connectivity index (χ0) is 24.6. The number of alkyl carbamates (subject to hydrolysis) is 1. The van der Waals surface area contributed by atoms with Crippen molar-refractivity contribution in [1.29, 1.82) is 0 Å². The van der Waals surface area contributed by atoms with E-state index in [1.165, 1.54) is 16.2 Å². The second kappa shape index (κ2) is 9.19. The Balaban J connectivity index is 1.33. The van der Waals surface area contributed by atoms with Crippen molar-refractivity contribution in [3.63, 3.8) is 0 Å². The number of hydrogen-bond acceptors (Lipinski definition) is 5. The van der Waals surface area contributed by atoms with E-state index in [0.717, 1.165) is 22.3 Å². The second-order valence-corrected chi connectivity index (χ2v) is 10.1. The summed E-state index contributed by atoms with van der Waals surface area (Å²) in [4.78, 5) is 40.3. The van der Waals surface area contributed by atoms with Crippen molar-refractivity contribution in [3.8, 4) is 11.1 Å². The number of carboxylic acid groups (broad SMARTS) is 1. The Hall–Kier alpha value is -3.65. The topological polar surface area (TPSA) is 95.9 Å². The van der Waals surface area contributed by atoms with Crippen molar-refractivity contribution < 1.29 is 24.2 Å². The van der Waals surface area contributed by atoms with Gasteiger partial charge in [-0.2, -0.15) is 0 Å². The number of benzene rings is 2. The largest absolute Gasteiger partial charge is 0.480 e. The van der Waals surface area contributed by atoms with Crippen LogP contribution >= 0.6 is 11.3 Å². The number of nitrogens with zero attached hydrogens (tertiary/aromatic N) is 1. The molecule has 1 fully saturated rings. The van der Waals surface area contributed by atoms with Gasteiger partial charge in [0.1, 0.15) is 18.2 Å². The first-order chi connectivity index (χ1) is 16.9. The molecule has 0 bridgehead atoms. The molecule has 1 saturated heterocycles. The molecule has 1 aromatic heterocycles. The summed E-state index contributed by atoms with van der Waals surface area (Å²) in [6.45, 7) is 2.01. The van der Waals surface area contributed by atoms with Crippen LogP contribution in [0.4, 0.5) is 4.79 Å². The van der Waals surface area contributed by atoms with Gasteiger partial charge in [-0.1, -0.05) is 54.6 Å². The van der Waals surface area contributed by atoms with E-state index < -0.39 is 29.6 Å². The van der Waals surface area contributed by atoms with E-state index in [9.17, 15) is 19.5 Å². The van der Waals surface area contributed by atoms with Crippen LogP contribution in [0.25, 0.3) is 11.1 Å². The van der Waals surface area contributed by atoms with Crippen LogP contribution in [0.15, 0.2) is 66.0 Å². The maximum absolute atomic E-state index is 13.5. The minimum atomic E-state index is -1.30. The minimum Gasteiger partial charge on any atom is -0.480 e. The van der Waals surface area contributed by atoms with Crippen LogP contribution in [-0.2, 0) is 14.3 Å². The lowest BCUT2D eigenvalue weighted by molar-refractivity contribution is -0.156. The van der Waals surface area contributed by atoms with E-state index in [1.807, 2.05) is 41.8 Å². The molecule has 1 aliphatic carbocycles. The highest BCUT2D eigenvalue weighted by Gasteiger charge is 2.48. The summed E-state index contributed by atoms with van der Waals surface area (Å²) in [5.74, 6) is -1.59. The lowest BCUT2D eigenvalue weighted by Crippen LogP contribution is -2.54. The highest BCUT2D eigenvalue weighted by atomic mass is 32.1. The van der Waals surface area contributed by atoms with Crippen LogP contribution in [0, 0.1) is 0 Å². The number of carboxylic acids is 1. The van der Waals surface area contributed by atoms with E-state index in [0.29, 0.717) is 24.3 Å². The van der Waals surface area contributed by atoms with Gasteiger partial charge < -0.3 is 20.1 Å². The second-order valence-electron chi connectivity index (χ2n) is 9.09. The molecule has 0 saturated carbocycles. The zero-order valence-electron chi connectivity index (χ0n) is 19.3. The molecule has 3 aromatic rings. The molecule has 2 atom stereocenters. The fourth-order valence-electron chi connectivity index (χ4n) is 5.16. The number of amides is 2. The molecule has 2 aromatic carbocycles. The van der Waals surface area contributed by atoms with Gasteiger partial charge in [0.25, 0.3) is 5.91 Å². The fourth-order valence-corrected chi connectivity index (χ4v) is 5.93. The molecule has 2 aliphatic rings. The number of aliphatic carboxylic acids is 1. The number of rotatable bonds is 6. The molecule has 2 N–H and O–H groups in total. The summed E-state index contributed by atoms with van der Waals surface area (Å²) in [7, 11) is 0. The highest BCUT2D eigenvalue weighted by Crippen LogP contribution is 2.44. The van der Waals surface area contributed by atoms with Crippen molar-refractivity contribution in [2.24, 2.45) is 0 Å². The molecular weight excluding hydrogens is 464 g/mol. The summed E-state index contributed by atoms with van der Waals surface area (Å²) in [5, 5.41) is 14.3. The van der Waals surface area contributed by atoms with Gasteiger partial charge in [-0.05, 0) is 53.5 Å². The first-order valence-electron chi connectivity index (χ1n) is 11.6. The van der Waals surface area contributed by atoms with Gasteiger partial charge in [0.05, 0.1) is 0 Å². The molecule has 0 spiro atoms. The summed E-state index contributed by atoms with van der Waals surface area (Å²) in [6, 6.07) is 18.7. The highest BCUT2D eigenvalue weighted by molar-refractivity contribution is 7.10. The van der Waals surface area contributed by atoms with Gasteiger partial charge in [0.15, 0.2) is 0 Å². The number of carbonyl (C=O) groups is 3. The first kappa shape index (κ1) is 23.1. The Labute approximate surface area is 207 Å². The molecule has 35 heavy (non-hydrogen) atoms. The van der Waals surface area contributed by atoms with Crippen LogP contribution in [0.1, 0.15) is 47.7 Å². The minimum absolute atomic E-state index is 0.0991. The van der Waals surface area contributed by atoms with Gasteiger partial charge in [-0.3, -0.25) is 4.79 Å². The summed E-state index contributed by atoms with van der Waals surface area (Å²) in [5.41, 5.74) is 3.16. The van der Waals surface area contributed by atoms with Crippen LogP contribution in [0.3, 0.4) is 0 Å². The molecule has 8 heteroatoms. The Morgan fingerprint density at radius 2 is 1.74 bits per heavy atom. The van der Waals surface area contributed by atoms with E-state index in [4.69, 9.17) is 4.74 Å². The number of likely N-dealkylation sites (tertiary alicyclic amines) is 1. The molecule has 1 unspecified atom stereocenters. The third-order valence-corrected chi connectivity index (χ3v) is 7.99. The quantitative estimate of drug-likeness (QED) is 0.518. The predicted octanol–water partition coefficient (Wildman–Crippen LogP) is 4.79. The maximum atomic E-state index is 13.5. The molecule has 180 valence electrons. The fraction of sp³-hybridized carbons (Fsp3) is 0.296. The normalized spacial score (nSPS) is 19.6. The zero-order valence-corrected chi connectivity index (χ0v) is 20.1. The standard InChI is InChI=1S/C27H26N2O5S/c1-27(25(31)32)13-7-14-29(27)24(30)23(22-12-6-15-35-22)28-26(33)34-16-21-19-10-4-2-8-17(19)18-9-3-5-11-20(18)21/h2-6,8-12,15,21,23H,7,13-14,16H2,1H3,(H,28,33)(H,31,32)/t23?,27-/m1/s1. The number of fused-ring (bicyclic) bond motifs is 3. The predicted molar refractivity (Wildman–Crippen MR) is 132 cm³/mol. The molecule has 7 nitrogen and oxygen atoms in total. The molecular formula is C27H26N2O5S. The smallest absolute Gasteiger partial charge is 0.408 e. The summed E-state index contributed by atoms with van der Waals surface area (Å²) >= 11 is 1.33. The molecule has 2 heterocycles. The molecule has 5 rings (SSSR count). The number of carbonyl (C=O) groups excluding carboxylic acids is 2. The van der Waals surface area contributed by atoms with Gasteiger partial charge in [-0.25, -0.2) is 9.59 Å². The average Bonchev–Trinajstić information content (AvgIpc) is 3.59. The van der Waals surface area contributed by atoms with E-state index in [2.05, 4.69) is 17.4 Å². The average molecular weight is 491 g/mol. The van der Waals surface area contributed by atoms with Gasteiger partial charge in [0.2, 0.25) is 0 Å². The van der Waals surface area contributed by atoms with Crippen LogP contribution in [0.2, 0.25) is 0 Å². The van der Waals surface area contributed by atoms with E-state index in [-0.39, 0.29) is 12.5 Å². The van der Waals surface area contributed by atoms with Gasteiger partial charge in [-0.15, -0.1) is 11.3 Å². The number of ether oxygens (including phenoxy) is 1. The Morgan fingerprint density at radius 3 is 2.34 bits per heavy atom. The maximum Gasteiger partial charge on any atom is 0.408 e. The SMILES string of the molecule is C[C@]1(C(=O)O)CCCN1C(=O)C(NC(=O)OCC1c2ccccc2-c2ccccc21)c1cccs1. The molecule has 0 radical (unpaired) electrons. The lowest BCUT2D eigenvalue weighted by Gasteiger charge is -2.33.